The number of sulfonamides is 1. The Bertz CT molecular complexity index is 742. The largest absolute Gasteiger partial charge is 0.496 e. The van der Waals surface area contributed by atoms with Crippen LogP contribution in [-0.2, 0) is 23.0 Å². The predicted octanol–water partition coefficient (Wildman–Crippen LogP) is 3.39. The summed E-state index contributed by atoms with van der Waals surface area (Å²) in [6.07, 6.45) is 0.698. The van der Waals surface area contributed by atoms with Crippen molar-refractivity contribution < 1.29 is 13.2 Å². The molecule has 0 aromatic heterocycles. The van der Waals surface area contributed by atoms with Crippen LogP contribution in [0.2, 0.25) is 5.02 Å². The van der Waals surface area contributed by atoms with Gasteiger partial charge in [-0.1, -0.05) is 30.7 Å². The molecule has 2 rings (SSSR count). The van der Waals surface area contributed by atoms with Gasteiger partial charge in [-0.3, -0.25) is 0 Å². The fourth-order valence-electron chi connectivity index (χ4n) is 2.06. The van der Waals surface area contributed by atoms with E-state index in [1.807, 2.05) is 6.92 Å². The number of methoxy groups -OCH3 is 1. The van der Waals surface area contributed by atoms with Gasteiger partial charge in [-0.15, -0.1) is 0 Å². The molecule has 0 aliphatic rings. The summed E-state index contributed by atoms with van der Waals surface area (Å²) >= 11 is 5.81. The van der Waals surface area contributed by atoms with E-state index in [-0.39, 0.29) is 11.4 Å². The third-order valence-corrected chi connectivity index (χ3v) is 4.97. The highest BCUT2D eigenvalue weighted by Gasteiger charge is 2.15. The van der Waals surface area contributed by atoms with E-state index in [0.717, 1.165) is 11.1 Å². The summed E-state index contributed by atoms with van der Waals surface area (Å²) < 4.78 is 32.5. The molecule has 2 aromatic carbocycles. The first kappa shape index (κ1) is 16.8. The third kappa shape index (κ3) is 4.00. The lowest BCUT2D eigenvalue weighted by Gasteiger charge is -2.11. The summed E-state index contributed by atoms with van der Waals surface area (Å²) in [4.78, 5) is 0.235. The summed E-state index contributed by atoms with van der Waals surface area (Å²) in [5.41, 5.74) is 1.70. The van der Waals surface area contributed by atoms with Crippen molar-refractivity contribution in [2.45, 2.75) is 24.8 Å². The Morgan fingerprint density at radius 1 is 1.14 bits per heavy atom. The number of benzene rings is 2. The molecule has 6 heteroatoms. The average Bonchev–Trinajstić information content (AvgIpc) is 2.53. The number of ether oxygens (including phenoxy) is 1. The molecule has 0 aliphatic heterocycles. The van der Waals surface area contributed by atoms with Crippen LogP contribution in [0, 0.1) is 0 Å². The standard InChI is InChI=1S/C16H18ClNO3S/c1-3-13-10-15(8-9-16(13)21-2)22(19,20)18-11-12-4-6-14(17)7-5-12/h4-10,18H,3,11H2,1-2H3. The SMILES string of the molecule is CCc1cc(S(=O)(=O)NCc2ccc(Cl)cc2)ccc1OC. The topological polar surface area (TPSA) is 55.4 Å². The number of nitrogens with one attached hydrogen (secondary N) is 1. The minimum absolute atomic E-state index is 0.215. The van der Waals surface area contributed by atoms with Crippen molar-refractivity contribution in [3.8, 4) is 5.75 Å². The zero-order valence-electron chi connectivity index (χ0n) is 12.5. The van der Waals surface area contributed by atoms with E-state index in [9.17, 15) is 8.42 Å². The zero-order valence-corrected chi connectivity index (χ0v) is 14.0. The zero-order chi connectivity index (χ0) is 16.2. The second-order valence-electron chi connectivity index (χ2n) is 4.78. The lowest BCUT2D eigenvalue weighted by molar-refractivity contribution is 0.409. The van der Waals surface area contributed by atoms with Gasteiger partial charge >= 0.3 is 0 Å². The Morgan fingerprint density at radius 3 is 2.41 bits per heavy atom. The molecule has 0 saturated carbocycles. The lowest BCUT2D eigenvalue weighted by Crippen LogP contribution is -2.23. The van der Waals surface area contributed by atoms with E-state index in [1.165, 1.54) is 0 Å². The highest BCUT2D eigenvalue weighted by Crippen LogP contribution is 2.23. The van der Waals surface area contributed by atoms with Gasteiger partial charge in [0, 0.05) is 11.6 Å². The van der Waals surface area contributed by atoms with E-state index < -0.39 is 10.0 Å². The molecular weight excluding hydrogens is 322 g/mol. The summed E-state index contributed by atoms with van der Waals surface area (Å²) in [6, 6.07) is 11.9. The summed E-state index contributed by atoms with van der Waals surface area (Å²) in [5, 5.41) is 0.620. The minimum Gasteiger partial charge on any atom is -0.496 e. The average molecular weight is 340 g/mol. The molecule has 4 nitrogen and oxygen atoms in total. The van der Waals surface area contributed by atoms with E-state index in [1.54, 1.807) is 49.6 Å². The fraction of sp³-hybridized carbons (Fsp3) is 0.250. The molecule has 0 heterocycles. The molecule has 0 saturated heterocycles. The van der Waals surface area contributed by atoms with Gasteiger partial charge in [-0.2, -0.15) is 0 Å². The van der Waals surface area contributed by atoms with Crippen LogP contribution in [0.1, 0.15) is 18.1 Å². The van der Waals surface area contributed by atoms with Crippen LogP contribution in [-0.4, -0.2) is 15.5 Å². The molecular formula is C16H18ClNO3S. The number of halogens is 1. The number of hydrogen-bond acceptors (Lipinski definition) is 3. The molecule has 0 fully saturated rings. The summed E-state index contributed by atoms with van der Waals surface area (Å²) in [7, 11) is -1.99. The van der Waals surface area contributed by atoms with Crippen LogP contribution in [0.25, 0.3) is 0 Å². The molecule has 0 amide bonds. The second kappa shape index (κ2) is 7.13. The van der Waals surface area contributed by atoms with Crippen LogP contribution >= 0.6 is 11.6 Å². The Balaban J connectivity index is 2.17. The Kier molecular flexibility index (Phi) is 5.45. The molecule has 0 spiro atoms. The van der Waals surface area contributed by atoms with Crippen molar-refractivity contribution in [2.24, 2.45) is 0 Å². The molecule has 1 N–H and O–H groups in total. The van der Waals surface area contributed by atoms with Crippen LogP contribution < -0.4 is 9.46 Å². The molecule has 22 heavy (non-hydrogen) atoms. The smallest absolute Gasteiger partial charge is 0.240 e. The molecule has 2 aromatic rings. The van der Waals surface area contributed by atoms with Gasteiger partial charge < -0.3 is 4.74 Å². The number of rotatable bonds is 6. The second-order valence-corrected chi connectivity index (χ2v) is 6.98. The Morgan fingerprint density at radius 2 is 1.82 bits per heavy atom. The van der Waals surface area contributed by atoms with E-state index in [2.05, 4.69) is 4.72 Å². The normalized spacial score (nSPS) is 11.4. The molecule has 118 valence electrons. The number of hydrogen-bond donors (Lipinski definition) is 1. The first-order chi connectivity index (χ1) is 10.5. The third-order valence-electron chi connectivity index (χ3n) is 3.32. The van der Waals surface area contributed by atoms with Crippen molar-refractivity contribution >= 4 is 21.6 Å². The van der Waals surface area contributed by atoms with Crippen LogP contribution in [0.4, 0.5) is 0 Å². The van der Waals surface area contributed by atoms with Gasteiger partial charge in [0.05, 0.1) is 12.0 Å². The van der Waals surface area contributed by atoms with Crippen LogP contribution in [0.15, 0.2) is 47.4 Å². The Labute approximate surface area is 136 Å². The van der Waals surface area contributed by atoms with Crippen molar-refractivity contribution in [1.29, 1.82) is 0 Å². The van der Waals surface area contributed by atoms with Gasteiger partial charge in [0.15, 0.2) is 0 Å². The molecule has 0 bridgehead atoms. The highest BCUT2D eigenvalue weighted by atomic mass is 35.5. The first-order valence-corrected chi connectivity index (χ1v) is 8.73. The van der Waals surface area contributed by atoms with Crippen molar-refractivity contribution in [3.05, 3.63) is 58.6 Å². The molecule has 0 aliphatic carbocycles. The van der Waals surface area contributed by atoms with E-state index >= 15 is 0 Å². The van der Waals surface area contributed by atoms with Gasteiger partial charge in [0.25, 0.3) is 0 Å². The van der Waals surface area contributed by atoms with Gasteiger partial charge in [-0.25, -0.2) is 13.1 Å². The van der Waals surface area contributed by atoms with Crippen LogP contribution in [0.3, 0.4) is 0 Å². The fourth-order valence-corrected chi connectivity index (χ4v) is 3.26. The van der Waals surface area contributed by atoms with Crippen molar-refractivity contribution in [1.82, 2.24) is 4.72 Å². The summed E-state index contributed by atoms with van der Waals surface area (Å²) in [6.45, 7) is 2.17. The highest BCUT2D eigenvalue weighted by molar-refractivity contribution is 7.89. The van der Waals surface area contributed by atoms with Crippen molar-refractivity contribution in [2.75, 3.05) is 7.11 Å². The maximum Gasteiger partial charge on any atom is 0.240 e. The predicted molar refractivity (Wildman–Crippen MR) is 87.8 cm³/mol. The first-order valence-electron chi connectivity index (χ1n) is 6.87. The van der Waals surface area contributed by atoms with Gasteiger partial charge in [-0.05, 0) is 47.9 Å². The molecule has 0 unspecified atom stereocenters. The van der Waals surface area contributed by atoms with E-state index in [4.69, 9.17) is 16.3 Å². The van der Waals surface area contributed by atoms with Gasteiger partial charge in [0.1, 0.15) is 5.75 Å². The number of aryl methyl sites for hydroxylation is 1. The molecule has 0 atom stereocenters. The minimum atomic E-state index is -3.56. The molecule has 0 radical (unpaired) electrons. The van der Waals surface area contributed by atoms with Crippen molar-refractivity contribution in [3.63, 3.8) is 0 Å². The Hall–Kier alpha value is -1.56. The maximum atomic E-state index is 12.4. The maximum absolute atomic E-state index is 12.4. The van der Waals surface area contributed by atoms with E-state index in [0.29, 0.717) is 17.2 Å². The van der Waals surface area contributed by atoms with Gasteiger partial charge in [0.2, 0.25) is 10.0 Å². The monoisotopic (exact) mass is 339 g/mol. The summed E-state index contributed by atoms with van der Waals surface area (Å²) in [5.74, 6) is 0.694. The lowest BCUT2D eigenvalue weighted by atomic mass is 10.1. The van der Waals surface area contributed by atoms with Crippen LogP contribution in [0.5, 0.6) is 5.75 Å². The quantitative estimate of drug-likeness (QED) is 0.877.